The predicted octanol–water partition coefficient (Wildman–Crippen LogP) is 3.19. The fraction of sp³-hybridized carbons (Fsp3) is 0.786. The van der Waals surface area contributed by atoms with E-state index in [1.807, 2.05) is 4.68 Å². The van der Waals surface area contributed by atoms with E-state index in [1.54, 1.807) is 6.20 Å². The Morgan fingerprint density at radius 3 is 2.84 bits per heavy atom. The molecule has 0 bridgehead atoms. The van der Waals surface area contributed by atoms with Gasteiger partial charge in [0.2, 0.25) is 0 Å². The summed E-state index contributed by atoms with van der Waals surface area (Å²) < 4.78 is 7.74. The molecule has 0 radical (unpaired) electrons. The molecule has 1 aliphatic heterocycles. The van der Waals surface area contributed by atoms with Crippen LogP contribution in [0, 0.1) is 5.92 Å². The second-order valence-electron chi connectivity index (χ2n) is 5.59. The fourth-order valence-corrected chi connectivity index (χ4v) is 3.09. The normalized spacial score (nSPS) is 25.2. The lowest BCUT2D eigenvalue weighted by molar-refractivity contribution is 0.116. The molecule has 3 unspecified atom stereocenters. The highest BCUT2D eigenvalue weighted by molar-refractivity contribution is 6.31. The second-order valence-corrected chi connectivity index (χ2v) is 6.00. The van der Waals surface area contributed by atoms with Gasteiger partial charge >= 0.3 is 0 Å². The molecule has 0 aromatic carbocycles. The van der Waals surface area contributed by atoms with Crippen molar-refractivity contribution in [3.8, 4) is 0 Å². The van der Waals surface area contributed by atoms with Gasteiger partial charge < -0.3 is 10.1 Å². The Morgan fingerprint density at radius 2 is 2.32 bits per heavy atom. The number of ether oxygens (including phenoxy) is 1. The van der Waals surface area contributed by atoms with Crippen molar-refractivity contribution >= 4 is 11.6 Å². The Kier molecular flexibility index (Phi) is 4.87. The van der Waals surface area contributed by atoms with Crippen LogP contribution in [0.15, 0.2) is 6.20 Å². The second kappa shape index (κ2) is 6.25. The van der Waals surface area contributed by atoms with Crippen LogP contribution in [-0.2, 0) is 4.74 Å². The van der Waals surface area contributed by atoms with E-state index >= 15 is 0 Å². The predicted molar refractivity (Wildman–Crippen MR) is 77.6 cm³/mol. The van der Waals surface area contributed by atoms with Crippen molar-refractivity contribution in [1.29, 1.82) is 0 Å². The van der Waals surface area contributed by atoms with Crippen LogP contribution in [0.25, 0.3) is 0 Å². The van der Waals surface area contributed by atoms with Gasteiger partial charge in [-0.15, -0.1) is 0 Å². The summed E-state index contributed by atoms with van der Waals surface area (Å²) in [4.78, 5) is 0. The number of halogens is 1. The number of nitrogens with zero attached hydrogens (tertiary/aromatic N) is 2. The molecule has 1 N–H and O–H groups in total. The van der Waals surface area contributed by atoms with Crippen molar-refractivity contribution < 1.29 is 4.74 Å². The van der Waals surface area contributed by atoms with Crippen LogP contribution in [0.4, 0.5) is 0 Å². The molecule has 5 heteroatoms. The minimum atomic E-state index is 0.215. The summed E-state index contributed by atoms with van der Waals surface area (Å²) in [5.41, 5.74) is 1.10. The van der Waals surface area contributed by atoms with Gasteiger partial charge in [0.05, 0.1) is 35.7 Å². The van der Waals surface area contributed by atoms with Gasteiger partial charge in [0, 0.05) is 12.0 Å². The summed E-state index contributed by atoms with van der Waals surface area (Å²) in [5, 5.41) is 8.72. The summed E-state index contributed by atoms with van der Waals surface area (Å²) in [7, 11) is 0. The van der Waals surface area contributed by atoms with Gasteiger partial charge in [0.1, 0.15) is 0 Å². The van der Waals surface area contributed by atoms with Gasteiger partial charge in [-0.25, -0.2) is 0 Å². The van der Waals surface area contributed by atoms with Crippen molar-refractivity contribution in [2.45, 2.75) is 52.3 Å². The van der Waals surface area contributed by atoms with Gasteiger partial charge in [-0.05, 0) is 33.7 Å². The molecule has 3 atom stereocenters. The molecule has 2 rings (SSSR count). The fourth-order valence-electron chi connectivity index (χ4n) is 2.84. The van der Waals surface area contributed by atoms with Crippen LogP contribution in [0.3, 0.4) is 0 Å². The van der Waals surface area contributed by atoms with Gasteiger partial charge in [0.25, 0.3) is 0 Å². The van der Waals surface area contributed by atoms with Gasteiger partial charge in [0.15, 0.2) is 0 Å². The topological polar surface area (TPSA) is 39.1 Å². The summed E-state index contributed by atoms with van der Waals surface area (Å²) in [6.45, 7) is 10.2. The summed E-state index contributed by atoms with van der Waals surface area (Å²) in [6, 6.07) is 0.524. The first-order chi connectivity index (χ1) is 9.04. The van der Waals surface area contributed by atoms with E-state index in [2.05, 4.69) is 38.1 Å². The lowest BCUT2D eigenvalue weighted by Crippen LogP contribution is -2.31. The zero-order chi connectivity index (χ0) is 14.0. The van der Waals surface area contributed by atoms with Crippen molar-refractivity contribution in [3.63, 3.8) is 0 Å². The average Bonchev–Trinajstić information content (AvgIpc) is 2.93. The highest BCUT2D eigenvalue weighted by atomic mass is 35.5. The van der Waals surface area contributed by atoms with Crippen LogP contribution >= 0.6 is 11.6 Å². The number of hydrogen-bond acceptors (Lipinski definition) is 3. The van der Waals surface area contributed by atoms with E-state index in [1.165, 1.54) is 0 Å². The minimum absolute atomic E-state index is 0.215. The number of nitrogens with one attached hydrogen (secondary N) is 1. The van der Waals surface area contributed by atoms with Gasteiger partial charge in [-0.3, -0.25) is 4.68 Å². The first-order valence-electron chi connectivity index (χ1n) is 7.12. The minimum Gasteiger partial charge on any atom is -0.378 e. The van der Waals surface area contributed by atoms with E-state index in [9.17, 15) is 0 Å². The largest absolute Gasteiger partial charge is 0.378 e. The molecular formula is C14H24ClN3O. The van der Waals surface area contributed by atoms with Crippen LogP contribution < -0.4 is 5.32 Å². The number of aromatic nitrogens is 2. The SMILES string of the molecule is CCNC(c1c(Cl)cnn1C(C)C)C1COC(C)C1. The first kappa shape index (κ1) is 14.8. The summed E-state index contributed by atoms with van der Waals surface area (Å²) >= 11 is 6.37. The van der Waals surface area contributed by atoms with E-state index in [0.29, 0.717) is 18.1 Å². The maximum Gasteiger partial charge on any atom is 0.0834 e. The van der Waals surface area contributed by atoms with Crippen molar-refractivity contribution in [1.82, 2.24) is 15.1 Å². The Hall–Kier alpha value is -0.580. The van der Waals surface area contributed by atoms with Crippen LogP contribution in [0.1, 0.15) is 51.9 Å². The molecule has 1 aliphatic rings. The maximum atomic E-state index is 6.37. The summed E-state index contributed by atoms with van der Waals surface area (Å²) in [6.07, 6.45) is 3.15. The first-order valence-corrected chi connectivity index (χ1v) is 7.50. The molecule has 0 amide bonds. The molecule has 0 spiro atoms. The molecule has 1 aromatic rings. The monoisotopic (exact) mass is 285 g/mol. The van der Waals surface area contributed by atoms with E-state index < -0.39 is 0 Å². The zero-order valence-corrected chi connectivity index (χ0v) is 12.9. The Bertz CT molecular complexity index is 419. The van der Waals surface area contributed by atoms with Crippen molar-refractivity contribution in [3.05, 3.63) is 16.9 Å². The smallest absolute Gasteiger partial charge is 0.0834 e. The summed E-state index contributed by atoms with van der Waals surface area (Å²) in [5.74, 6) is 0.460. The molecule has 19 heavy (non-hydrogen) atoms. The molecule has 0 aliphatic carbocycles. The molecular weight excluding hydrogens is 262 g/mol. The Labute approximate surface area is 120 Å². The molecule has 108 valence electrons. The molecule has 4 nitrogen and oxygen atoms in total. The zero-order valence-electron chi connectivity index (χ0n) is 12.2. The van der Waals surface area contributed by atoms with Gasteiger partial charge in [-0.1, -0.05) is 18.5 Å². The van der Waals surface area contributed by atoms with Crippen LogP contribution in [-0.4, -0.2) is 29.0 Å². The highest BCUT2D eigenvalue weighted by Gasteiger charge is 2.33. The molecule has 0 saturated carbocycles. The third kappa shape index (κ3) is 3.12. The van der Waals surface area contributed by atoms with E-state index in [0.717, 1.165) is 30.3 Å². The molecule has 1 saturated heterocycles. The van der Waals surface area contributed by atoms with Crippen LogP contribution in [0.2, 0.25) is 5.02 Å². The Balaban J connectivity index is 2.30. The Morgan fingerprint density at radius 1 is 1.58 bits per heavy atom. The lowest BCUT2D eigenvalue weighted by atomic mass is 9.94. The lowest BCUT2D eigenvalue weighted by Gasteiger charge is -2.26. The number of rotatable bonds is 5. The standard InChI is InChI=1S/C14H24ClN3O/c1-5-16-13(11-6-10(4)19-8-11)14-12(15)7-17-18(14)9(2)3/h7,9-11,13,16H,5-6,8H2,1-4H3. The quantitative estimate of drug-likeness (QED) is 0.903. The van der Waals surface area contributed by atoms with Gasteiger partial charge in [-0.2, -0.15) is 5.10 Å². The van der Waals surface area contributed by atoms with Crippen molar-refractivity contribution in [2.24, 2.45) is 5.92 Å². The van der Waals surface area contributed by atoms with E-state index in [-0.39, 0.29) is 6.04 Å². The average molecular weight is 286 g/mol. The molecule has 2 heterocycles. The third-order valence-electron chi connectivity index (χ3n) is 3.70. The van der Waals surface area contributed by atoms with E-state index in [4.69, 9.17) is 16.3 Å². The highest BCUT2D eigenvalue weighted by Crippen LogP contribution is 2.35. The van der Waals surface area contributed by atoms with Crippen LogP contribution in [0.5, 0.6) is 0 Å². The number of hydrogen-bond donors (Lipinski definition) is 1. The van der Waals surface area contributed by atoms with Crippen molar-refractivity contribution in [2.75, 3.05) is 13.2 Å². The third-order valence-corrected chi connectivity index (χ3v) is 3.99. The molecule has 1 aromatic heterocycles. The molecule has 1 fully saturated rings. The maximum absolute atomic E-state index is 6.37.